The number of carboxylic acids is 1. The summed E-state index contributed by atoms with van der Waals surface area (Å²) in [6, 6.07) is 4.65. The van der Waals surface area contributed by atoms with E-state index in [0.717, 1.165) is 10.0 Å². The van der Waals surface area contributed by atoms with Crippen LogP contribution >= 0.6 is 27.5 Å². The summed E-state index contributed by atoms with van der Waals surface area (Å²) in [6.07, 6.45) is -0.485. The minimum atomic E-state index is -0.994. The largest absolute Gasteiger partial charge is 0.481 e. The van der Waals surface area contributed by atoms with Crippen molar-refractivity contribution in [1.82, 2.24) is 5.32 Å². The Bertz CT molecular complexity index is 557. The first kappa shape index (κ1) is 18.8. The lowest BCUT2D eigenvalue weighted by molar-refractivity contribution is -0.137. The number of alkyl carbamates (subject to hydrolysis) is 1. The van der Waals surface area contributed by atoms with Crippen molar-refractivity contribution in [3.8, 4) is 0 Å². The molecule has 5 nitrogen and oxygen atoms in total. The van der Waals surface area contributed by atoms with Crippen molar-refractivity contribution >= 4 is 39.6 Å². The number of carbonyl (C=O) groups is 2. The van der Waals surface area contributed by atoms with Crippen molar-refractivity contribution in [2.45, 2.75) is 45.3 Å². The molecule has 1 amide bonds. The van der Waals surface area contributed by atoms with E-state index >= 15 is 0 Å². The average Bonchev–Trinajstić information content (AvgIpc) is 2.29. The van der Waals surface area contributed by atoms with Crippen LogP contribution in [0.1, 0.15) is 32.8 Å². The molecule has 0 saturated heterocycles. The maximum atomic E-state index is 11.8. The first-order valence-electron chi connectivity index (χ1n) is 6.72. The minimum Gasteiger partial charge on any atom is -0.481 e. The number of hydrogen-bond donors (Lipinski definition) is 2. The zero-order chi connectivity index (χ0) is 16.9. The normalized spacial score (nSPS) is 12.6. The van der Waals surface area contributed by atoms with Gasteiger partial charge in [-0.1, -0.05) is 33.6 Å². The Morgan fingerprint density at radius 2 is 2.05 bits per heavy atom. The molecule has 0 aromatic heterocycles. The molecule has 0 aliphatic rings. The molecular weight excluding hydrogens is 374 g/mol. The van der Waals surface area contributed by atoms with Crippen LogP contribution in [0.4, 0.5) is 4.79 Å². The maximum Gasteiger partial charge on any atom is 0.407 e. The number of hydrogen-bond acceptors (Lipinski definition) is 3. The zero-order valence-electron chi connectivity index (χ0n) is 12.7. The van der Waals surface area contributed by atoms with Gasteiger partial charge >= 0.3 is 12.1 Å². The van der Waals surface area contributed by atoms with Gasteiger partial charge in [0.15, 0.2) is 0 Å². The van der Waals surface area contributed by atoms with Gasteiger partial charge in [0.2, 0.25) is 0 Å². The highest BCUT2D eigenvalue weighted by molar-refractivity contribution is 9.10. The minimum absolute atomic E-state index is 0.200. The Hall–Kier alpha value is -1.27. The third-order valence-electron chi connectivity index (χ3n) is 2.62. The summed E-state index contributed by atoms with van der Waals surface area (Å²) >= 11 is 9.26. The second-order valence-electron chi connectivity index (χ2n) is 5.88. The van der Waals surface area contributed by atoms with Crippen molar-refractivity contribution < 1.29 is 19.4 Å². The number of halogens is 2. The number of amides is 1. The van der Waals surface area contributed by atoms with Crippen LogP contribution in [0.5, 0.6) is 0 Å². The summed E-state index contributed by atoms with van der Waals surface area (Å²) in [7, 11) is 0. The lowest BCUT2D eigenvalue weighted by atomic mass is 10.0. The van der Waals surface area contributed by atoms with Gasteiger partial charge in [0.1, 0.15) is 5.60 Å². The van der Waals surface area contributed by atoms with E-state index in [1.165, 1.54) is 0 Å². The number of benzene rings is 1. The van der Waals surface area contributed by atoms with Gasteiger partial charge in [-0.2, -0.15) is 0 Å². The predicted octanol–water partition coefficient (Wildman–Crippen LogP) is 4.01. The number of ether oxygens (including phenoxy) is 1. The van der Waals surface area contributed by atoms with Crippen molar-refractivity contribution in [2.75, 3.05) is 0 Å². The molecule has 22 heavy (non-hydrogen) atoms. The highest BCUT2D eigenvalue weighted by atomic mass is 79.9. The number of aliphatic carboxylic acids is 1. The van der Waals surface area contributed by atoms with E-state index in [1.54, 1.807) is 39.0 Å². The molecule has 7 heteroatoms. The highest BCUT2D eigenvalue weighted by Gasteiger charge is 2.22. The summed E-state index contributed by atoms with van der Waals surface area (Å²) in [5.41, 5.74) is 0.213. The Morgan fingerprint density at radius 3 is 2.55 bits per heavy atom. The Kier molecular flexibility index (Phi) is 6.68. The van der Waals surface area contributed by atoms with Crippen LogP contribution in [-0.2, 0) is 16.0 Å². The van der Waals surface area contributed by atoms with Gasteiger partial charge in [0.05, 0.1) is 6.42 Å². The molecule has 0 aliphatic carbocycles. The molecule has 122 valence electrons. The lowest BCUT2D eigenvalue weighted by Crippen LogP contribution is -2.41. The molecule has 0 heterocycles. The fraction of sp³-hybridized carbons (Fsp3) is 0.467. The molecule has 1 aromatic carbocycles. The molecule has 0 fully saturated rings. The summed E-state index contributed by atoms with van der Waals surface area (Å²) in [6.45, 7) is 5.23. The topological polar surface area (TPSA) is 75.6 Å². The monoisotopic (exact) mass is 391 g/mol. The Labute approximate surface area is 143 Å². The van der Waals surface area contributed by atoms with E-state index in [1.807, 2.05) is 0 Å². The van der Waals surface area contributed by atoms with E-state index in [-0.39, 0.29) is 6.42 Å². The zero-order valence-corrected chi connectivity index (χ0v) is 15.0. The van der Waals surface area contributed by atoms with Gasteiger partial charge in [0.25, 0.3) is 0 Å². The standard InChI is InChI=1S/C15H19BrClNO4/c1-15(2,3)22-14(21)18-11(8-13(19)20)6-9-4-5-10(17)7-12(9)16/h4-5,7,11H,6,8H2,1-3H3,(H,18,21)(H,19,20). The van der Waals surface area contributed by atoms with Crippen LogP contribution in [-0.4, -0.2) is 28.8 Å². The Morgan fingerprint density at radius 1 is 1.41 bits per heavy atom. The van der Waals surface area contributed by atoms with Gasteiger partial charge in [-0.05, 0) is 44.9 Å². The third kappa shape index (κ3) is 7.13. The van der Waals surface area contributed by atoms with Gasteiger partial charge in [-0.3, -0.25) is 4.79 Å². The second-order valence-corrected chi connectivity index (χ2v) is 7.17. The fourth-order valence-corrected chi connectivity index (χ4v) is 2.66. The van der Waals surface area contributed by atoms with Gasteiger partial charge in [-0.15, -0.1) is 0 Å². The predicted molar refractivity (Wildman–Crippen MR) is 88.3 cm³/mol. The van der Waals surface area contributed by atoms with E-state index in [9.17, 15) is 9.59 Å². The molecular formula is C15H19BrClNO4. The summed E-state index contributed by atoms with van der Waals surface area (Å²) in [5, 5.41) is 12.2. The smallest absolute Gasteiger partial charge is 0.407 e. The molecule has 0 spiro atoms. The van der Waals surface area contributed by atoms with Crippen LogP contribution < -0.4 is 5.32 Å². The molecule has 1 unspecified atom stereocenters. The number of carboxylic acid groups (broad SMARTS) is 1. The van der Waals surface area contributed by atoms with Crippen molar-refractivity contribution in [1.29, 1.82) is 0 Å². The summed E-state index contributed by atoms with van der Waals surface area (Å²) < 4.78 is 5.93. The maximum absolute atomic E-state index is 11.8. The van der Waals surface area contributed by atoms with E-state index < -0.39 is 23.7 Å². The van der Waals surface area contributed by atoms with E-state index in [2.05, 4.69) is 21.2 Å². The fourth-order valence-electron chi connectivity index (χ4n) is 1.81. The van der Waals surface area contributed by atoms with Gasteiger partial charge < -0.3 is 15.2 Å². The molecule has 0 saturated carbocycles. The van der Waals surface area contributed by atoms with Crippen molar-refractivity contribution in [3.05, 3.63) is 33.3 Å². The SMILES string of the molecule is CC(C)(C)OC(=O)NC(CC(=O)O)Cc1ccc(Cl)cc1Br. The third-order valence-corrected chi connectivity index (χ3v) is 3.60. The van der Waals surface area contributed by atoms with Crippen LogP contribution in [0, 0.1) is 0 Å². The van der Waals surface area contributed by atoms with Gasteiger partial charge in [-0.25, -0.2) is 4.79 Å². The van der Waals surface area contributed by atoms with Crippen molar-refractivity contribution in [3.63, 3.8) is 0 Å². The van der Waals surface area contributed by atoms with Crippen molar-refractivity contribution in [2.24, 2.45) is 0 Å². The van der Waals surface area contributed by atoms with E-state index in [4.69, 9.17) is 21.4 Å². The van der Waals surface area contributed by atoms with Crippen LogP contribution in [0.15, 0.2) is 22.7 Å². The van der Waals surface area contributed by atoms with Crippen LogP contribution in [0.2, 0.25) is 5.02 Å². The molecule has 2 N–H and O–H groups in total. The molecule has 0 bridgehead atoms. The molecule has 0 radical (unpaired) electrons. The number of rotatable bonds is 5. The molecule has 0 aliphatic heterocycles. The van der Waals surface area contributed by atoms with E-state index in [0.29, 0.717) is 11.4 Å². The first-order chi connectivity index (χ1) is 10.1. The number of nitrogens with one attached hydrogen (secondary N) is 1. The van der Waals surface area contributed by atoms with Gasteiger partial charge in [0, 0.05) is 15.5 Å². The second kappa shape index (κ2) is 7.83. The first-order valence-corrected chi connectivity index (χ1v) is 7.89. The summed E-state index contributed by atoms with van der Waals surface area (Å²) in [5.74, 6) is -0.994. The number of carbonyl (C=O) groups excluding carboxylic acids is 1. The average molecular weight is 393 g/mol. The quantitative estimate of drug-likeness (QED) is 0.794. The van der Waals surface area contributed by atoms with Crippen LogP contribution in [0.25, 0.3) is 0 Å². The lowest BCUT2D eigenvalue weighted by Gasteiger charge is -2.23. The summed E-state index contributed by atoms with van der Waals surface area (Å²) in [4.78, 5) is 22.8. The highest BCUT2D eigenvalue weighted by Crippen LogP contribution is 2.23. The van der Waals surface area contributed by atoms with Crippen LogP contribution in [0.3, 0.4) is 0 Å². The molecule has 1 rings (SSSR count). The molecule has 1 atom stereocenters. The molecule has 1 aromatic rings. The Balaban J connectivity index is 2.80.